The molecule has 1 aromatic heterocycles. The highest BCUT2D eigenvalue weighted by atomic mass is 127. The number of nitrogens with one attached hydrogen (secondary N) is 1. The number of ether oxygens (including phenoxy) is 1. The molecule has 2 atom stereocenters. The van der Waals surface area contributed by atoms with Crippen molar-refractivity contribution in [3.05, 3.63) is 32.6 Å². The zero-order valence-corrected chi connectivity index (χ0v) is 14.5. The Balaban J connectivity index is 2.31. The van der Waals surface area contributed by atoms with Crippen LogP contribution in [0.4, 0.5) is 0 Å². The summed E-state index contributed by atoms with van der Waals surface area (Å²) in [6.45, 7) is 7.69. The largest absolute Gasteiger partial charge is 0.349 e. The molecule has 8 heteroatoms. The first kappa shape index (κ1) is 16.7. The van der Waals surface area contributed by atoms with Crippen molar-refractivity contribution in [1.29, 1.82) is 0 Å². The van der Waals surface area contributed by atoms with Crippen molar-refractivity contribution in [2.75, 3.05) is 19.7 Å². The smallest absolute Gasteiger partial charge is 0.330 e. The monoisotopic (exact) mass is 409 g/mol. The summed E-state index contributed by atoms with van der Waals surface area (Å²) >= 11 is 1.84. The Morgan fingerprint density at radius 1 is 1.48 bits per heavy atom. The molecule has 0 aliphatic carbocycles. The van der Waals surface area contributed by atoms with Gasteiger partial charge in [0.25, 0.3) is 5.56 Å². The maximum Gasteiger partial charge on any atom is 0.330 e. The van der Waals surface area contributed by atoms with Gasteiger partial charge in [-0.15, -0.1) is 0 Å². The van der Waals surface area contributed by atoms with E-state index >= 15 is 0 Å². The first-order valence-electron chi connectivity index (χ1n) is 6.87. The van der Waals surface area contributed by atoms with Crippen molar-refractivity contribution in [2.45, 2.75) is 39.1 Å². The predicted molar refractivity (Wildman–Crippen MR) is 86.7 cm³/mol. The third kappa shape index (κ3) is 3.93. The Hall–Kier alpha value is -0.710. The number of nitrogens with zero attached hydrogens (tertiary/aromatic N) is 2. The molecule has 0 spiro atoms. The average molecular weight is 409 g/mol. The molecule has 1 saturated heterocycles. The number of halogens is 1. The molecule has 2 heterocycles. The van der Waals surface area contributed by atoms with Gasteiger partial charge in [-0.05, 0) is 20.8 Å². The highest BCUT2D eigenvalue weighted by Crippen LogP contribution is 2.21. The summed E-state index contributed by atoms with van der Waals surface area (Å²) in [4.78, 5) is 28.0. The Morgan fingerprint density at radius 3 is 2.81 bits per heavy atom. The van der Waals surface area contributed by atoms with E-state index in [9.17, 15) is 9.59 Å². The van der Waals surface area contributed by atoms with Crippen molar-refractivity contribution < 1.29 is 7.80 Å². The van der Waals surface area contributed by atoms with Gasteiger partial charge in [0.05, 0.1) is 12.7 Å². The Labute approximate surface area is 136 Å². The summed E-state index contributed by atoms with van der Waals surface area (Å²) in [6.07, 6.45) is 1.01. The van der Waals surface area contributed by atoms with E-state index in [1.54, 1.807) is 13.1 Å². The average Bonchev–Trinajstić information content (AvgIpc) is 2.42. The summed E-state index contributed by atoms with van der Waals surface area (Å²) in [6, 6.07) is 0.340. The van der Waals surface area contributed by atoms with Gasteiger partial charge in [-0.1, -0.05) is 0 Å². The van der Waals surface area contributed by atoms with E-state index in [4.69, 9.17) is 7.80 Å². The van der Waals surface area contributed by atoms with Gasteiger partial charge < -0.3 is 7.80 Å². The molecule has 0 aromatic carbocycles. The van der Waals surface area contributed by atoms with Gasteiger partial charge in [-0.25, -0.2) is 4.79 Å². The van der Waals surface area contributed by atoms with Gasteiger partial charge in [0.15, 0.2) is 6.23 Å². The van der Waals surface area contributed by atoms with Crippen molar-refractivity contribution in [2.24, 2.45) is 0 Å². The molecule has 1 aliphatic heterocycles. The fraction of sp³-hybridized carbons (Fsp3) is 0.692. The predicted octanol–water partition coefficient (Wildman–Crippen LogP) is 0.819. The number of aryl methyl sites for hydroxylation is 1. The van der Waals surface area contributed by atoms with E-state index in [1.165, 1.54) is 4.57 Å². The van der Waals surface area contributed by atoms with E-state index in [0.717, 1.165) is 6.54 Å². The van der Waals surface area contributed by atoms with Crippen LogP contribution < -0.4 is 11.2 Å². The summed E-state index contributed by atoms with van der Waals surface area (Å²) in [5, 5.41) is 0. The number of hydrogen-bond donors (Lipinski definition) is 1. The molecule has 7 nitrogen and oxygen atoms in total. The lowest BCUT2D eigenvalue weighted by Gasteiger charge is -2.40. The van der Waals surface area contributed by atoms with Gasteiger partial charge in [0.2, 0.25) is 0 Å². The van der Waals surface area contributed by atoms with Crippen LogP contribution in [0.5, 0.6) is 0 Å². The van der Waals surface area contributed by atoms with Crippen molar-refractivity contribution in [3.63, 3.8) is 0 Å². The van der Waals surface area contributed by atoms with E-state index in [-0.39, 0.29) is 11.7 Å². The zero-order chi connectivity index (χ0) is 15.6. The number of rotatable bonds is 4. The number of H-pyrrole nitrogens is 1. The van der Waals surface area contributed by atoms with Crippen LogP contribution >= 0.6 is 23.0 Å². The van der Waals surface area contributed by atoms with Crippen LogP contribution in [-0.2, 0) is 7.80 Å². The lowest BCUT2D eigenvalue weighted by atomic mass is 10.2. The second-order valence-corrected chi connectivity index (χ2v) is 6.14. The second-order valence-electron chi connectivity index (χ2n) is 5.51. The van der Waals surface area contributed by atoms with Gasteiger partial charge in [0.1, 0.15) is 23.0 Å². The molecule has 2 rings (SSSR count). The van der Waals surface area contributed by atoms with Crippen LogP contribution in [0.2, 0.25) is 0 Å². The van der Waals surface area contributed by atoms with Crippen molar-refractivity contribution >= 4 is 23.0 Å². The molecule has 0 unspecified atom stereocenters. The van der Waals surface area contributed by atoms with Crippen molar-refractivity contribution in [1.82, 2.24) is 14.5 Å². The minimum absolute atomic E-state index is 0.109. The fourth-order valence-corrected chi connectivity index (χ4v) is 2.78. The molecule has 0 amide bonds. The molecule has 1 N–H and O–H groups in total. The quantitative estimate of drug-likeness (QED) is 0.746. The number of hydrogen-bond acceptors (Lipinski definition) is 5. The number of aromatic amines is 1. The molecule has 1 aromatic rings. The van der Waals surface area contributed by atoms with Crippen LogP contribution in [-0.4, -0.2) is 46.3 Å². The van der Waals surface area contributed by atoms with Gasteiger partial charge in [0, 0.05) is 30.9 Å². The Kier molecular flexibility index (Phi) is 5.58. The molecule has 118 valence electrons. The zero-order valence-electron chi connectivity index (χ0n) is 12.3. The lowest BCUT2D eigenvalue weighted by molar-refractivity contribution is -0.136. The number of morpholine rings is 1. The molecule has 0 bridgehead atoms. The van der Waals surface area contributed by atoms with E-state index in [0.29, 0.717) is 24.8 Å². The molecule has 21 heavy (non-hydrogen) atoms. The highest BCUT2D eigenvalue weighted by molar-refractivity contribution is 14.1. The van der Waals surface area contributed by atoms with Crippen LogP contribution in [0.1, 0.15) is 25.6 Å². The standard InChI is InChI=1S/C13H20IN3O4/c1-8(2)16-5-10(7-20-14)21-11(6-16)17-4-9(3)12(18)15-13(17)19/h4,8,10-11H,5-7H2,1-3H3,(H,15,18,19)/t10-,11+/m0/s1. The first-order valence-corrected chi connectivity index (χ1v) is 7.75. The molecule has 0 radical (unpaired) electrons. The normalized spacial score (nSPS) is 23.7. The number of aromatic nitrogens is 2. The molecular formula is C13H20IN3O4. The molecule has 0 saturated carbocycles. The molecular weight excluding hydrogens is 389 g/mol. The third-order valence-electron chi connectivity index (χ3n) is 3.61. The fourth-order valence-electron chi connectivity index (χ4n) is 2.38. The van der Waals surface area contributed by atoms with Crippen LogP contribution in [0.25, 0.3) is 0 Å². The Bertz CT molecular complexity index is 598. The van der Waals surface area contributed by atoms with Crippen molar-refractivity contribution in [3.8, 4) is 0 Å². The van der Waals surface area contributed by atoms with Crippen LogP contribution in [0.15, 0.2) is 15.8 Å². The summed E-state index contributed by atoms with van der Waals surface area (Å²) in [7, 11) is 0. The van der Waals surface area contributed by atoms with E-state index < -0.39 is 11.9 Å². The minimum Gasteiger partial charge on any atom is -0.349 e. The molecule has 1 fully saturated rings. The summed E-state index contributed by atoms with van der Waals surface area (Å²) in [5.41, 5.74) is -0.322. The van der Waals surface area contributed by atoms with Crippen LogP contribution in [0, 0.1) is 6.92 Å². The SMILES string of the molecule is Cc1cn([C@H]2CN(C(C)C)C[C@@H](COI)O2)c(=O)[nH]c1=O. The Morgan fingerprint density at radius 2 is 2.19 bits per heavy atom. The minimum atomic E-state index is -0.449. The van der Waals surface area contributed by atoms with Gasteiger partial charge in [-0.2, -0.15) is 0 Å². The maximum absolute atomic E-state index is 12.0. The van der Waals surface area contributed by atoms with E-state index in [2.05, 4.69) is 23.7 Å². The first-order chi connectivity index (χ1) is 9.92. The second kappa shape index (κ2) is 7.03. The van der Waals surface area contributed by atoms with Crippen LogP contribution in [0.3, 0.4) is 0 Å². The van der Waals surface area contributed by atoms with Gasteiger partial charge >= 0.3 is 5.69 Å². The van der Waals surface area contributed by atoms with Gasteiger partial charge in [-0.3, -0.25) is 19.2 Å². The lowest BCUT2D eigenvalue weighted by Crippen LogP contribution is -2.51. The third-order valence-corrected chi connectivity index (χ3v) is 3.97. The summed E-state index contributed by atoms with van der Waals surface area (Å²) < 4.78 is 12.5. The topological polar surface area (TPSA) is 76.6 Å². The molecule has 1 aliphatic rings. The van der Waals surface area contributed by atoms with E-state index in [1.807, 2.05) is 23.0 Å². The maximum atomic E-state index is 12.0. The highest BCUT2D eigenvalue weighted by Gasteiger charge is 2.31. The summed E-state index contributed by atoms with van der Waals surface area (Å²) in [5.74, 6) is 0.